The number of hydrogen-bond donors (Lipinski definition) is 3. The maximum Gasteiger partial charge on any atom is 0.408 e. The van der Waals surface area contributed by atoms with Gasteiger partial charge in [0.25, 0.3) is 0 Å². The summed E-state index contributed by atoms with van der Waals surface area (Å²) in [5.74, 6) is -1.66. The fourth-order valence-corrected chi connectivity index (χ4v) is 3.89. The Morgan fingerprint density at radius 1 is 1.00 bits per heavy atom. The van der Waals surface area contributed by atoms with Crippen LogP contribution in [0.5, 0.6) is 0 Å². The topological polar surface area (TPSA) is 131 Å². The molecule has 9 nitrogen and oxygen atoms in total. The van der Waals surface area contributed by atoms with Crippen molar-refractivity contribution >= 4 is 23.8 Å². The van der Waals surface area contributed by atoms with Crippen LogP contribution in [-0.4, -0.2) is 52.9 Å². The molecule has 0 fully saturated rings. The third-order valence-corrected chi connectivity index (χ3v) is 5.52. The normalized spacial score (nSPS) is 13.8. The van der Waals surface area contributed by atoms with Gasteiger partial charge < -0.3 is 26.0 Å². The van der Waals surface area contributed by atoms with Gasteiger partial charge in [0.05, 0.1) is 6.42 Å². The molecule has 4 amide bonds. The van der Waals surface area contributed by atoms with E-state index in [0.717, 1.165) is 24.8 Å². The molecule has 0 saturated carbocycles. The average Bonchev–Trinajstić information content (AvgIpc) is 2.76. The van der Waals surface area contributed by atoms with Crippen molar-refractivity contribution in [2.75, 3.05) is 6.54 Å². The first kappa shape index (κ1) is 30.9. The van der Waals surface area contributed by atoms with E-state index < -0.39 is 42.0 Å². The van der Waals surface area contributed by atoms with Gasteiger partial charge in [0, 0.05) is 12.6 Å². The van der Waals surface area contributed by atoms with Crippen molar-refractivity contribution in [3.05, 3.63) is 35.4 Å². The number of nitrogens with two attached hydrogens (primary N) is 1. The molecular weight excluding hydrogens is 460 g/mol. The van der Waals surface area contributed by atoms with Crippen LogP contribution in [0, 0.1) is 0 Å². The summed E-state index contributed by atoms with van der Waals surface area (Å²) in [6.45, 7) is 13.2. The number of benzene rings is 1. The van der Waals surface area contributed by atoms with Crippen LogP contribution in [0.25, 0.3) is 0 Å². The first-order chi connectivity index (χ1) is 16.8. The van der Waals surface area contributed by atoms with E-state index in [-0.39, 0.29) is 18.5 Å². The van der Waals surface area contributed by atoms with Crippen molar-refractivity contribution in [2.45, 2.75) is 104 Å². The Labute approximate surface area is 215 Å². The van der Waals surface area contributed by atoms with Crippen LogP contribution in [0.2, 0.25) is 0 Å². The van der Waals surface area contributed by atoms with Crippen molar-refractivity contribution < 1.29 is 23.9 Å². The highest BCUT2D eigenvalue weighted by Crippen LogP contribution is 2.25. The van der Waals surface area contributed by atoms with Gasteiger partial charge in [-0.25, -0.2) is 4.79 Å². The van der Waals surface area contributed by atoms with Gasteiger partial charge in [0.2, 0.25) is 17.7 Å². The Morgan fingerprint density at radius 2 is 1.61 bits per heavy atom. The summed E-state index contributed by atoms with van der Waals surface area (Å²) in [5.41, 5.74) is 6.35. The highest BCUT2D eigenvalue weighted by atomic mass is 16.6. The van der Waals surface area contributed by atoms with Crippen LogP contribution in [0.15, 0.2) is 24.3 Å². The number of nitrogens with zero attached hydrogens (tertiary/aromatic N) is 1. The molecule has 202 valence electrons. The van der Waals surface area contributed by atoms with Gasteiger partial charge in [-0.15, -0.1) is 0 Å². The molecule has 0 heterocycles. The van der Waals surface area contributed by atoms with Gasteiger partial charge >= 0.3 is 6.09 Å². The number of carbonyl (C=O) groups is 4. The minimum atomic E-state index is -1.28. The zero-order valence-electron chi connectivity index (χ0n) is 22.8. The van der Waals surface area contributed by atoms with Gasteiger partial charge in [-0.2, -0.15) is 0 Å². The van der Waals surface area contributed by atoms with Gasteiger partial charge in [0.1, 0.15) is 17.7 Å². The van der Waals surface area contributed by atoms with Crippen molar-refractivity contribution in [1.82, 2.24) is 15.5 Å². The van der Waals surface area contributed by atoms with Crippen LogP contribution >= 0.6 is 0 Å². The number of amides is 4. The average molecular weight is 505 g/mol. The molecule has 0 saturated heterocycles. The van der Waals surface area contributed by atoms with E-state index in [4.69, 9.17) is 10.5 Å². The zero-order chi connectivity index (χ0) is 27.5. The molecule has 4 N–H and O–H groups in total. The molecule has 1 aromatic rings. The lowest BCUT2D eigenvalue weighted by molar-refractivity contribution is -0.143. The molecule has 0 bridgehead atoms. The molecule has 0 radical (unpaired) electrons. The van der Waals surface area contributed by atoms with Crippen molar-refractivity contribution in [3.63, 3.8) is 0 Å². The van der Waals surface area contributed by atoms with Crippen LogP contribution in [-0.2, 0) is 25.5 Å². The van der Waals surface area contributed by atoms with Crippen molar-refractivity contribution in [1.29, 1.82) is 0 Å². The van der Waals surface area contributed by atoms with Gasteiger partial charge in [-0.1, -0.05) is 51.5 Å². The minimum absolute atomic E-state index is 0.0835. The maximum atomic E-state index is 13.8. The summed E-state index contributed by atoms with van der Waals surface area (Å²) in [5, 5.41) is 5.50. The zero-order valence-corrected chi connectivity index (χ0v) is 22.8. The van der Waals surface area contributed by atoms with Crippen LogP contribution in [0.4, 0.5) is 4.79 Å². The lowest BCUT2D eigenvalue weighted by Crippen LogP contribution is -2.54. The molecule has 0 spiro atoms. The Kier molecular flexibility index (Phi) is 12.4. The second-order valence-electron chi connectivity index (χ2n) is 10.1. The third-order valence-electron chi connectivity index (χ3n) is 5.52. The monoisotopic (exact) mass is 504 g/mol. The van der Waals surface area contributed by atoms with Crippen LogP contribution in [0.3, 0.4) is 0 Å². The Morgan fingerprint density at radius 3 is 2.08 bits per heavy atom. The smallest absolute Gasteiger partial charge is 0.408 e. The lowest BCUT2D eigenvalue weighted by Gasteiger charge is -2.34. The number of hydrogen-bond acceptors (Lipinski definition) is 5. The predicted molar refractivity (Wildman–Crippen MR) is 140 cm³/mol. The second kappa shape index (κ2) is 14.5. The second-order valence-corrected chi connectivity index (χ2v) is 10.1. The highest BCUT2D eigenvalue weighted by Gasteiger charge is 2.36. The van der Waals surface area contributed by atoms with Crippen LogP contribution in [0.1, 0.15) is 91.3 Å². The fourth-order valence-electron chi connectivity index (χ4n) is 3.89. The minimum Gasteiger partial charge on any atom is -0.444 e. The molecule has 36 heavy (non-hydrogen) atoms. The molecule has 0 aliphatic heterocycles. The molecule has 3 atom stereocenters. The quantitative estimate of drug-likeness (QED) is 0.378. The molecule has 1 aromatic carbocycles. The Balaban J connectivity index is 3.44. The number of primary amides is 1. The number of ether oxygens (including phenoxy) is 1. The molecular formula is C27H44N4O5. The molecule has 3 unspecified atom stereocenters. The largest absolute Gasteiger partial charge is 0.444 e. The van der Waals surface area contributed by atoms with Gasteiger partial charge in [0.15, 0.2) is 0 Å². The summed E-state index contributed by atoms with van der Waals surface area (Å²) in [6.07, 6.45) is 1.82. The number of alkyl carbamates (subject to hydrolysis) is 1. The van der Waals surface area contributed by atoms with E-state index in [2.05, 4.69) is 10.6 Å². The fraction of sp³-hybridized carbons (Fsp3) is 0.630. The Bertz CT molecular complexity index is 879. The summed E-state index contributed by atoms with van der Waals surface area (Å²) >= 11 is 0. The van der Waals surface area contributed by atoms with E-state index in [9.17, 15) is 19.2 Å². The van der Waals surface area contributed by atoms with E-state index >= 15 is 0 Å². The first-order valence-electron chi connectivity index (χ1n) is 12.8. The summed E-state index contributed by atoms with van der Waals surface area (Å²) in [7, 11) is 0. The number of aryl methyl sites for hydroxylation is 1. The number of carbonyl (C=O) groups excluding carboxylic acids is 4. The van der Waals surface area contributed by atoms with E-state index in [1.54, 1.807) is 20.8 Å². The number of rotatable bonds is 13. The summed E-state index contributed by atoms with van der Waals surface area (Å²) in [6, 6.07) is 5.24. The van der Waals surface area contributed by atoms with E-state index in [1.807, 2.05) is 52.0 Å². The molecule has 0 aromatic heterocycles. The maximum absolute atomic E-state index is 13.8. The standard InChI is InChI=1S/C27H44N4O5/c1-8-11-18(4)29-24(33)23(20-14-12-19(10-3)13-15-20)31(16-9-2)25(34)21(17-22(28)32)30-26(35)36-27(5,6)7/h12-15,18,21,23H,8-11,16-17H2,1-7H3,(H2,28,32)(H,29,33)(H,30,35). The van der Waals surface area contributed by atoms with Crippen molar-refractivity contribution in [3.8, 4) is 0 Å². The molecule has 1 rings (SSSR count). The number of nitrogens with one attached hydrogen (secondary N) is 2. The molecule has 0 aliphatic rings. The SMILES string of the molecule is CCCC(C)NC(=O)C(c1ccc(CC)cc1)N(CCC)C(=O)C(CC(N)=O)NC(=O)OC(C)(C)C. The van der Waals surface area contributed by atoms with Gasteiger partial charge in [-0.3, -0.25) is 14.4 Å². The summed E-state index contributed by atoms with van der Waals surface area (Å²) in [4.78, 5) is 53.0. The molecule has 9 heteroatoms. The first-order valence-corrected chi connectivity index (χ1v) is 12.8. The highest BCUT2D eigenvalue weighted by molar-refractivity contribution is 5.94. The third kappa shape index (κ3) is 10.3. The Hall–Kier alpha value is -3.10. The van der Waals surface area contributed by atoms with Crippen molar-refractivity contribution in [2.24, 2.45) is 5.73 Å². The lowest BCUT2D eigenvalue weighted by atomic mass is 9.99. The molecule has 0 aliphatic carbocycles. The van der Waals surface area contributed by atoms with E-state index in [0.29, 0.717) is 12.0 Å². The summed E-state index contributed by atoms with van der Waals surface area (Å²) < 4.78 is 5.29. The van der Waals surface area contributed by atoms with E-state index in [1.165, 1.54) is 4.90 Å². The van der Waals surface area contributed by atoms with Crippen LogP contribution < -0.4 is 16.4 Å². The van der Waals surface area contributed by atoms with Gasteiger partial charge in [-0.05, 0) is 58.1 Å². The predicted octanol–water partition coefficient (Wildman–Crippen LogP) is 3.60.